The molecule has 0 radical (unpaired) electrons. The van der Waals surface area contributed by atoms with Crippen LogP contribution in [0.25, 0.3) is 11.3 Å². The number of nitrogens with one attached hydrogen (secondary N) is 2. The van der Waals surface area contributed by atoms with Crippen molar-refractivity contribution in [3.8, 4) is 17.3 Å². The number of carbonyl (C=O) groups excluding carboxylic acids is 1. The fourth-order valence-corrected chi connectivity index (χ4v) is 3.20. The van der Waals surface area contributed by atoms with Gasteiger partial charge in [-0.3, -0.25) is 19.9 Å². The van der Waals surface area contributed by atoms with Crippen LogP contribution >= 0.6 is 0 Å². The number of halogens is 3. The van der Waals surface area contributed by atoms with E-state index >= 15 is 0 Å². The zero-order valence-corrected chi connectivity index (χ0v) is 14.3. The van der Waals surface area contributed by atoms with E-state index in [1.165, 1.54) is 41.7 Å². The predicted molar refractivity (Wildman–Crippen MR) is 92.0 cm³/mol. The number of anilines is 1. The normalized spacial score (nSPS) is 15.1. The predicted octanol–water partition coefficient (Wildman–Crippen LogP) is 3.52. The Kier molecular flexibility index (Phi) is 3.96. The van der Waals surface area contributed by atoms with Gasteiger partial charge in [-0.25, -0.2) is 0 Å². The zero-order chi connectivity index (χ0) is 19.9. The molecule has 7 nitrogen and oxygen atoms in total. The number of aromatic amines is 2. The number of hydrogen-bond acceptors (Lipinski definition) is 4. The SMILES string of the molecule is N#CC1(N(C(=O)c2cccc(C(F)(F)F)c2-c2ccn[nH]2)c2cn[nH]c2)CC1. The van der Waals surface area contributed by atoms with Crippen LogP contribution in [0, 0.1) is 11.3 Å². The van der Waals surface area contributed by atoms with Gasteiger partial charge in [0.1, 0.15) is 5.54 Å². The standard InChI is InChI=1S/C18H13F3N6O/c19-18(20,21)13-3-1-2-12(15(13)14-4-7-23-26-14)16(28)27(11-8-24-25-9-11)17(10-22)5-6-17/h1-4,7-9H,5-6H2,(H,23,26)(H,24,25). The highest BCUT2D eigenvalue weighted by Gasteiger charge is 2.52. The molecule has 1 fully saturated rings. The third kappa shape index (κ3) is 2.81. The molecular weight excluding hydrogens is 373 g/mol. The lowest BCUT2D eigenvalue weighted by molar-refractivity contribution is -0.137. The molecule has 1 aromatic carbocycles. The van der Waals surface area contributed by atoms with Crippen LogP contribution in [0.1, 0.15) is 28.8 Å². The van der Waals surface area contributed by atoms with Crippen LogP contribution in [-0.2, 0) is 6.18 Å². The van der Waals surface area contributed by atoms with E-state index in [0.717, 1.165) is 6.07 Å². The Morgan fingerprint density at radius 3 is 2.57 bits per heavy atom. The Bertz CT molecular complexity index is 1050. The summed E-state index contributed by atoms with van der Waals surface area (Å²) in [5.41, 5.74) is -2.17. The summed E-state index contributed by atoms with van der Waals surface area (Å²) in [5.74, 6) is -0.712. The molecule has 10 heteroatoms. The molecule has 1 aliphatic carbocycles. The van der Waals surface area contributed by atoms with Gasteiger partial charge < -0.3 is 0 Å². The topological polar surface area (TPSA) is 101 Å². The number of nitriles is 1. The number of aromatic nitrogens is 4. The van der Waals surface area contributed by atoms with Gasteiger partial charge in [0.15, 0.2) is 0 Å². The molecule has 3 aromatic rings. The fraction of sp³-hybridized carbons (Fsp3) is 0.222. The highest BCUT2D eigenvalue weighted by molar-refractivity contribution is 6.12. The minimum Gasteiger partial charge on any atom is -0.286 e. The second kappa shape index (κ2) is 6.23. The van der Waals surface area contributed by atoms with Crippen molar-refractivity contribution in [2.24, 2.45) is 0 Å². The second-order valence-electron chi connectivity index (χ2n) is 6.44. The Hall–Kier alpha value is -3.61. The Balaban J connectivity index is 1.91. The molecule has 142 valence electrons. The molecule has 2 N–H and O–H groups in total. The minimum absolute atomic E-state index is 0.0604. The van der Waals surface area contributed by atoms with Crippen molar-refractivity contribution in [1.29, 1.82) is 5.26 Å². The van der Waals surface area contributed by atoms with Crippen LogP contribution < -0.4 is 4.90 Å². The quantitative estimate of drug-likeness (QED) is 0.716. The molecule has 0 atom stereocenters. The van der Waals surface area contributed by atoms with Crippen LogP contribution in [0.4, 0.5) is 18.9 Å². The van der Waals surface area contributed by atoms with E-state index in [0.29, 0.717) is 18.5 Å². The van der Waals surface area contributed by atoms with Gasteiger partial charge in [-0.15, -0.1) is 0 Å². The first-order chi connectivity index (χ1) is 13.4. The van der Waals surface area contributed by atoms with E-state index in [9.17, 15) is 23.2 Å². The maximum absolute atomic E-state index is 13.6. The van der Waals surface area contributed by atoms with Gasteiger partial charge >= 0.3 is 6.18 Å². The average Bonchev–Trinajstić information content (AvgIpc) is 3.06. The lowest BCUT2D eigenvalue weighted by Gasteiger charge is -2.27. The summed E-state index contributed by atoms with van der Waals surface area (Å²) in [6.07, 6.45) is 0.279. The van der Waals surface area contributed by atoms with Crippen molar-refractivity contribution in [1.82, 2.24) is 20.4 Å². The smallest absolute Gasteiger partial charge is 0.286 e. The highest BCUT2D eigenvalue weighted by Crippen LogP contribution is 2.46. The maximum atomic E-state index is 13.6. The number of carbonyl (C=O) groups is 1. The number of hydrogen-bond donors (Lipinski definition) is 2. The van der Waals surface area contributed by atoms with Crippen LogP contribution in [0.2, 0.25) is 0 Å². The molecule has 0 spiro atoms. The number of nitrogens with zero attached hydrogens (tertiary/aromatic N) is 4. The van der Waals surface area contributed by atoms with Crippen molar-refractivity contribution in [2.45, 2.75) is 24.6 Å². The summed E-state index contributed by atoms with van der Waals surface area (Å²) >= 11 is 0. The van der Waals surface area contributed by atoms with Crippen LogP contribution in [-0.4, -0.2) is 31.8 Å². The fourth-order valence-electron chi connectivity index (χ4n) is 3.20. The maximum Gasteiger partial charge on any atom is 0.417 e. The molecule has 1 aliphatic rings. The van der Waals surface area contributed by atoms with Gasteiger partial charge in [-0.05, 0) is 31.0 Å². The van der Waals surface area contributed by atoms with Gasteiger partial charge in [0.05, 0.1) is 29.2 Å². The summed E-state index contributed by atoms with van der Waals surface area (Å²) in [5, 5.41) is 22.2. The molecule has 2 heterocycles. The Morgan fingerprint density at radius 2 is 2.04 bits per heavy atom. The third-order valence-electron chi connectivity index (χ3n) is 4.68. The van der Waals surface area contributed by atoms with Crippen molar-refractivity contribution in [2.75, 3.05) is 4.90 Å². The average molecular weight is 386 g/mol. The second-order valence-corrected chi connectivity index (χ2v) is 6.44. The lowest BCUT2D eigenvalue weighted by atomic mass is 9.96. The van der Waals surface area contributed by atoms with Crippen molar-refractivity contribution < 1.29 is 18.0 Å². The molecular formula is C18H13F3N6O. The first kappa shape index (κ1) is 17.8. The number of H-pyrrole nitrogens is 2. The molecule has 1 saturated carbocycles. The van der Waals surface area contributed by atoms with Gasteiger partial charge in [-0.1, -0.05) is 6.07 Å². The first-order valence-corrected chi connectivity index (χ1v) is 8.32. The molecule has 4 rings (SSSR count). The molecule has 0 bridgehead atoms. The van der Waals surface area contributed by atoms with E-state index in [-0.39, 0.29) is 16.8 Å². The number of benzene rings is 1. The zero-order valence-electron chi connectivity index (χ0n) is 14.3. The lowest BCUT2D eigenvalue weighted by Crippen LogP contribution is -2.42. The summed E-state index contributed by atoms with van der Waals surface area (Å²) in [6, 6.07) is 6.87. The van der Waals surface area contributed by atoms with Crippen LogP contribution in [0.5, 0.6) is 0 Å². The van der Waals surface area contributed by atoms with Crippen LogP contribution in [0.15, 0.2) is 42.9 Å². The molecule has 2 aromatic heterocycles. The monoisotopic (exact) mass is 386 g/mol. The van der Waals surface area contributed by atoms with Gasteiger partial charge in [0.25, 0.3) is 5.91 Å². The molecule has 1 amide bonds. The summed E-state index contributed by atoms with van der Waals surface area (Å²) in [6.45, 7) is 0. The number of alkyl halides is 3. The van der Waals surface area contributed by atoms with E-state index in [2.05, 4.69) is 26.5 Å². The van der Waals surface area contributed by atoms with Gasteiger partial charge in [0, 0.05) is 23.5 Å². The highest BCUT2D eigenvalue weighted by atomic mass is 19.4. The molecule has 0 saturated heterocycles. The van der Waals surface area contributed by atoms with E-state index in [1.54, 1.807) is 0 Å². The first-order valence-electron chi connectivity index (χ1n) is 8.32. The summed E-state index contributed by atoms with van der Waals surface area (Å²) in [4.78, 5) is 14.6. The van der Waals surface area contributed by atoms with Crippen LogP contribution in [0.3, 0.4) is 0 Å². The Labute approximate surface area is 156 Å². The number of amides is 1. The summed E-state index contributed by atoms with van der Waals surface area (Å²) in [7, 11) is 0. The van der Waals surface area contributed by atoms with Crippen molar-refractivity contribution in [3.05, 3.63) is 54.0 Å². The molecule has 0 unspecified atom stereocenters. The van der Waals surface area contributed by atoms with Gasteiger partial charge in [0.2, 0.25) is 0 Å². The van der Waals surface area contributed by atoms with E-state index < -0.39 is 23.2 Å². The largest absolute Gasteiger partial charge is 0.417 e. The summed E-state index contributed by atoms with van der Waals surface area (Å²) < 4.78 is 40.9. The third-order valence-corrected chi connectivity index (χ3v) is 4.68. The molecule has 28 heavy (non-hydrogen) atoms. The van der Waals surface area contributed by atoms with Crippen molar-refractivity contribution >= 4 is 11.6 Å². The molecule has 0 aliphatic heterocycles. The number of rotatable bonds is 4. The minimum atomic E-state index is -4.68. The van der Waals surface area contributed by atoms with Crippen molar-refractivity contribution in [3.63, 3.8) is 0 Å². The van der Waals surface area contributed by atoms with E-state index in [1.807, 2.05) is 0 Å². The van der Waals surface area contributed by atoms with Gasteiger partial charge in [-0.2, -0.15) is 28.6 Å². The van der Waals surface area contributed by atoms with E-state index in [4.69, 9.17) is 0 Å². The Morgan fingerprint density at radius 1 is 1.25 bits per heavy atom.